The molecular formula is C10H20N2. The molecule has 2 heteroatoms. The van der Waals surface area contributed by atoms with Crippen molar-refractivity contribution in [3.05, 3.63) is 0 Å². The van der Waals surface area contributed by atoms with E-state index in [1.165, 1.54) is 32.2 Å². The minimum Gasteiger partial charge on any atom is -0.324 e. The Balaban J connectivity index is 2.23. The maximum atomic E-state index is 6.37. The summed E-state index contributed by atoms with van der Waals surface area (Å²) in [5.74, 6) is 0. The molecule has 2 fully saturated rings. The Morgan fingerprint density at radius 3 is 2.17 bits per heavy atom. The first kappa shape index (κ1) is 8.52. The number of rotatable bonds is 0. The van der Waals surface area contributed by atoms with Crippen molar-refractivity contribution < 1.29 is 0 Å². The Bertz CT molecular complexity index is 180. The average Bonchev–Trinajstić information content (AvgIpc) is 2.42. The predicted octanol–water partition coefficient (Wildman–Crippen LogP) is 1.21. The summed E-state index contributed by atoms with van der Waals surface area (Å²) in [6, 6.07) is 0. The largest absolute Gasteiger partial charge is 0.324 e. The molecule has 1 saturated carbocycles. The molecule has 1 saturated heterocycles. The summed E-state index contributed by atoms with van der Waals surface area (Å²) in [6.07, 6.45) is 5.48. The van der Waals surface area contributed by atoms with Crippen molar-refractivity contribution in [2.45, 2.75) is 38.1 Å². The zero-order valence-corrected chi connectivity index (χ0v) is 8.27. The van der Waals surface area contributed by atoms with E-state index in [9.17, 15) is 0 Å². The van der Waals surface area contributed by atoms with Gasteiger partial charge in [-0.05, 0) is 26.8 Å². The van der Waals surface area contributed by atoms with Gasteiger partial charge in [-0.15, -0.1) is 0 Å². The van der Waals surface area contributed by atoms with Crippen LogP contribution in [0.5, 0.6) is 0 Å². The van der Waals surface area contributed by atoms with Crippen molar-refractivity contribution in [2.24, 2.45) is 11.1 Å². The lowest BCUT2D eigenvalue weighted by Crippen LogP contribution is -2.51. The van der Waals surface area contributed by atoms with Crippen LogP contribution in [-0.2, 0) is 0 Å². The normalized spacial score (nSPS) is 41.2. The first-order valence-corrected chi connectivity index (χ1v) is 5.03. The lowest BCUT2D eigenvalue weighted by molar-refractivity contribution is 0.204. The Morgan fingerprint density at radius 1 is 1.17 bits per heavy atom. The third-order valence-electron chi connectivity index (χ3n) is 3.94. The molecule has 0 unspecified atom stereocenters. The lowest BCUT2D eigenvalue weighted by atomic mass is 9.72. The maximum Gasteiger partial charge on any atom is 0.0324 e. The van der Waals surface area contributed by atoms with Gasteiger partial charge in [0, 0.05) is 24.0 Å². The van der Waals surface area contributed by atoms with Gasteiger partial charge in [0.2, 0.25) is 0 Å². The summed E-state index contributed by atoms with van der Waals surface area (Å²) >= 11 is 0. The highest BCUT2D eigenvalue weighted by molar-refractivity contribution is 5.09. The summed E-state index contributed by atoms with van der Waals surface area (Å²) < 4.78 is 0. The van der Waals surface area contributed by atoms with E-state index in [0.29, 0.717) is 5.41 Å². The van der Waals surface area contributed by atoms with E-state index >= 15 is 0 Å². The molecule has 0 aromatic carbocycles. The summed E-state index contributed by atoms with van der Waals surface area (Å²) in [5.41, 5.74) is 6.89. The van der Waals surface area contributed by atoms with Crippen LogP contribution in [0.1, 0.15) is 32.6 Å². The van der Waals surface area contributed by atoms with Crippen molar-refractivity contribution in [2.75, 3.05) is 20.1 Å². The van der Waals surface area contributed by atoms with Crippen molar-refractivity contribution in [1.29, 1.82) is 0 Å². The van der Waals surface area contributed by atoms with Gasteiger partial charge < -0.3 is 10.6 Å². The molecule has 0 aromatic rings. The number of nitrogens with two attached hydrogens (primary N) is 1. The van der Waals surface area contributed by atoms with Crippen LogP contribution in [-0.4, -0.2) is 30.6 Å². The molecule has 0 aromatic heterocycles. The van der Waals surface area contributed by atoms with Crippen molar-refractivity contribution in [3.8, 4) is 0 Å². The number of likely N-dealkylation sites (tertiary alicyclic amines) is 1. The van der Waals surface area contributed by atoms with E-state index in [4.69, 9.17) is 5.73 Å². The molecule has 0 amide bonds. The highest BCUT2D eigenvalue weighted by atomic mass is 15.2. The molecule has 1 aliphatic carbocycles. The van der Waals surface area contributed by atoms with Gasteiger partial charge in [0.25, 0.3) is 0 Å². The second-order valence-electron chi connectivity index (χ2n) is 5.08. The molecule has 2 N–H and O–H groups in total. The van der Waals surface area contributed by atoms with Gasteiger partial charge in [-0.3, -0.25) is 0 Å². The standard InChI is InChI=1S/C10H20N2/c1-9(11)7-12(2)8-10(9)5-3-4-6-10/h3-8,11H2,1-2H3/t9-/m1/s1. The molecule has 70 valence electrons. The zero-order chi connectivity index (χ0) is 8.82. The van der Waals surface area contributed by atoms with Gasteiger partial charge in [-0.2, -0.15) is 0 Å². The monoisotopic (exact) mass is 168 g/mol. The minimum absolute atomic E-state index is 0.0677. The Morgan fingerprint density at radius 2 is 1.75 bits per heavy atom. The molecule has 2 aliphatic rings. The number of likely N-dealkylation sites (N-methyl/N-ethyl adjacent to an activating group) is 1. The van der Waals surface area contributed by atoms with E-state index in [2.05, 4.69) is 18.9 Å². The van der Waals surface area contributed by atoms with Crippen LogP contribution in [0, 0.1) is 5.41 Å². The van der Waals surface area contributed by atoms with E-state index in [0.717, 1.165) is 6.54 Å². The predicted molar refractivity (Wildman–Crippen MR) is 51.0 cm³/mol. The van der Waals surface area contributed by atoms with Crippen LogP contribution in [0.3, 0.4) is 0 Å². The van der Waals surface area contributed by atoms with Gasteiger partial charge in [0.15, 0.2) is 0 Å². The fourth-order valence-corrected chi connectivity index (χ4v) is 3.26. The van der Waals surface area contributed by atoms with Crippen LogP contribution < -0.4 is 5.73 Å². The fourth-order valence-electron chi connectivity index (χ4n) is 3.26. The topological polar surface area (TPSA) is 29.3 Å². The molecule has 0 radical (unpaired) electrons. The van der Waals surface area contributed by atoms with Gasteiger partial charge >= 0.3 is 0 Å². The van der Waals surface area contributed by atoms with Gasteiger partial charge in [-0.1, -0.05) is 12.8 Å². The molecule has 2 rings (SSSR count). The second-order valence-corrected chi connectivity index (χ2v) is 5.08. The summed E-state index contributed by atoms with van der Waals surface area (Å²) in [4.78, 5) is 2.39. The van der Waals surface area contributed by atoms with E-state index in [1.807, 2.05) is 0 Å². The van der Waals surface area contributed by atoms with Crippen LogP contribution in [0.15, 0.2) is 0 Å². The second kappa shape index (κ2) is 2.46. The third kappa shape index (κ3) is 1.01. The quantitative estimate of drug-likeness (QED) is 0.589. The third-order valence-corrected chi connectivity index (χ3v) is 3.94. The first-order valence-electron chi connectivity index (χ1n) is 5.03. The number of hydrogen-bond donors (Lipinski definition) is 1. The summed E-state index contributed by atoms with van der Waals surface area (Å²) in [5, 5.41) is 0. The Hall–Kier alpha value is -0.0800. The van der Waals surface area contributed by atoms with E-state index in [-0.39, 0.29) is 5.54 Å². The molecule has 0 bridgehead atoms. The van der Waals surface area contributed by atoms with E-state index < -0.39 is 0 Å². The van der Waals surface area contributed by atoms with Crippen LogP contribution in [0.25, 0.3) is 0 Å². The highest BCUT2D eigenvalue weighted by Crippen LogP contribution is 2.49. The smallest absolute Gasteiger partial charge is 0.0324 e. The summed E-state index contributed by atoms with van der Waals surface area (Å²) in [6.45, 7) is 4.54. The van der Waals surface area contributed by atoms with E-state index in [1.54, 1.807) is 0 Å². The highest BCUT2D eigenvalue weighted by Gasteiger charge is 2.52. The molecule has 1 heterocycles. The van der Waals surface area contributed by atoms with Gasteiger partial charge in [-0.25, -0.2) is 0 Å². The van der Waals surface area contributed by atoms with Crippen LogP contribution in [0.4, 0.5) is 0 Å². The molecule has 12 heavy (non-hydrogen) atoms. The van der Waals surface area contributed by atoms with Crippen LogP contribution >= 0.6 is 0 Å². The zero-order valence-electron chi connectivity index (χ0n) is 8.27. The first-order chi connectivity index (χ1) is 5.56. The molecule has 1 atom stereocenters. The number of nitrogens with zero attached hydrogens (tertiary/aromatic N) is 1. The number of hydrogen-bond acceptors (Lipinski definition) is 2. The van der Waals surface area contributed by atoms with Crippen molar-refractivity contribution in [1.82, 2.24) is 4.90 Å². The fraction of sp³-hybridized carbons (Fsp3) is 1.00. The molecule has 1 spiro atoms. The van der Waals surface area contributed by atoms with Crippen LogP contribution in [0.2, 0.25) is 0 Å². The Labute approximate surface area is 75.1 Å². The SMILES string of the molecule is CN1CC2(CCCC2)[C@](C)(N)C1. The van der Waals surface area contributed by atoms with Crippen molar-refractivity contribution in [3.63, 3.8) is 0 Å². The van der Waals surface area contributed by atoms with Gasteiger partial charge in [0.05, 0.1) is 0 Å². The summed E-state index contributed by atoms with van der Waals surface area (Å²) in [7, 11) is 2.19. The molecule has 1 aliphatic heterocycles. The average molecular weight is 168 g/mol. The van der Waals surface area contributed by atoms with Gasteiger partial charge in [0.1, 0.15) is 0 Å². The molecular weight excluding hydrogens is 148 g/mol. The molecule has 2 nitrogen and oxygen atoms in total. The minimum atomic E-state index is 0.0677. The maximum absolute atomic E-state index is 6.37. The van der Waals surface area contributed by atoms with Crippen molar-refractivity contribution >= 4 is 0 Å². The lowest BCUT2D eigenvalue weighted by Gasteiger charge is -2.36. The Kier molecular flexibility index (Phi) is 1.74.